The van der Waals surface area contributed by atoms with Gasteiger partial charge in [0.05, 0.1) is 0 Å². The Hall–Kier alpha value is -1.34. The van der Waals surface area contributed by atoms with E-state index in [9.17, 15) is 9.59 Å². The Labute approximate surface area is 113 Å². The molecule has 1 heterocycles. The third-order valence-corrected chi connectivity index (χ3v) is 3.27. The summed E-state index contributed by atoms with van der Waals surface area (Å²) in [4.78, 5) is 24.9. The fraction of sp³-hybridized carbons (Fsp3) is 0.833. The maximum atomic E-state index is 11.7. The highest BCUT2D eigenvalue weighted by molar-refractivity contribution is 5.82. The molecule has 0 aromatic rings. The number of methoxy groups -OCH3 is 1. The van der Waals surface area contributed by atoms with Gasteiger partial charge in [0.2, 0.25) is 0 Å². The van der Waals surface area contributed by atoms with E-state index < -0.39 is 18.0 Å². The molecule has 1 aliphatic rings. The lowest BCUT2D eigenvalue weighted by Gasteiger charge is -2.29. The van der Waals surface area contributed by atoms with E-state index >= 15 is 0 Å². The number of rotatable bonds is 6. The second-order valence-electron chi connectivity index (χ2n) is 4.87. The Morgan fingerprint density at radius 2 is 2.05 bits per heavy atom. The molecule has 19 heavy (non-hydrogen) atoms. The SMILES string of the molecule is COCCC(NC(=O)NC1CCN(C)CC1)C(=O)O. The zero-order valence-corrected chi connectivity index (χ0v) is 11.5. The molecule has 1 rings (SSSR count). The van der Waals surface area contributed by atoms with Crippen LogP contribution in [0.4, 0.5) is 4.79 Å². The largest absolute Gasteiger partial charge is 0.480 e. The van der Waals surface area contributed by atoms with Gasteiger partial charge in [-0.1, -0.05) is 0 Å². The average Bonchev–Trinajstić information content (AvgIpc) is 2.37. The van der Waals surface area contributed by atoms with Gasteiger partial charge < -0.3 is 25.4 Å². The van der Waals surface area contributed by atoms with Crippen LogP contribution in [-0.2, 0) is 9.53 Å². The zero-order chi connectivity index (χ0) is 14.3. The smallest absolute Gasteiger partial charge is 0.326 e. The van der Waals surface area contributed by atoms with Gasteiger partial charge in [0.1, 0.15) is 6.04 Å². The molecule has 0 spiro atoms. The van der Waals surface area contributed by atoms with Gasteiger partial charge in [0.25, 0.3) is 0 Å². The molecule has 7 heteroatoms. The van der Waals surface area contributed by atoms with Crippen LogP contribution in [0, 0.1) is 0 Å². The number of carbonyl (C=O) groups excluding carboxylic acids is 1. The van der Waals surface area contributed by atoms with Crippen LogP contribution in [0.25, 0.3) is 0 Å². The Morgan fingerprint density at radius 3 is 2.58 bits per heavy atom. The van der Waals surface area contributed by atoms with E-state index in [0.29, 0.717) is 6.61 Å². The number of nitrogens with one attached hydrogen (secondary N) is 2. The highest BCUT2D eigenvalue weighted by Gasteiger charge is 2.22. The van der Waals surface area contributed by atoms with Crippen LogP contribution in [0.3, 0.4) is 0 Å². The van der Waals surface area contributed by atoms with Gasteiger partial charge in [0, 0.05) is 26.2 Å². The standard InChI is InChI=1S/C12H23N3O4/c1-15-6-3-9(4-7-15)13-12(18)14-10(11(16)17)5-8-19-2/h9-10H,3-8H2,1-2H3,(H,16,17)(H2,13,14,18). The first kappa shape index (κ1) is 15.7. The number of carbonyl (C=O) groups is 2. The maximum Gasteiger partial charge on any atom is 0.326 e. The molecule has 0 bridgehead atoms. The molecule has 7 nitrogen and oxygen atoms in total. The molecular weight excluding hydrogens is 250 g/mol. The first-order chi connectivity index (χ1) is 9.02. The van der Waals surface area contributed by atoms with Crippen molar-refractivity contribution in [3.05, 3.63) is 0 Å². The molecular formula is C12H23N3O4. The van der Waals surface area contributed by atoms with Crippen LogP contribution in [-0.4, -0.2) is 67.9 Å². The summed E-state index contributed by atoms with van der Waals surface area (Å²) < 4.78 is 4.83. The summed E-state index contributed by atoms with van der Waals surface area (Å²) in [5.74, 6) is -1.05. The minimum atomic E-state index is -1.05. The molecule has 0 aliphatic carbocycles. The number of aliphatic carboxylic acids is 1. The Bertz CT molecular complexity index is 303. The minimum Gasteiger partial charge on any atom is -0.480 e. The highest BCUT2D eigenvalue weighted by atomic mass is 16.5. The number of carboxylic acids is 1. The van der Waals surface area contributed by atoms with Gasteiger partial charge in [-0.05, 0) is 33.0 Å². The molecule has 2 amide bonds. The lowest BCUT2D eigenvalue weighted by atomic mass is 10.1. The van der Waals surface area contributed by atoms with E-state index in [1.807, 2.05) is 7.05 Å². The van der Waals surface area contributed by atoms with Gasteiger partial charge >= 0.3 is 12.0 Å². The normalized spacial score (nSPS) is 18.8. The predicted octanol–water partition coefficient (Wildman–Crippen LogP) is -0.130. The number of hydrogen-bond donors (Lipinski definition) is 3. The number of hydrogen-bond acceptors (Lipinski definition) is 4. The van der Waals surface area contributed by atoms with Gasteiger partial charge in [-0.2, -0.15) is 0 Å². The topological polar surface area (TPSA) is 90.9 Å². The summed E-state index contributed by atoms with van der Waals surface area (Å²) in [6, 6.07) is -1.21. The van der Waals surface area contributed by atoms with Gasteiger partial charge in [-0.25, -0.2) is 9.59 Å². The number of likely N-dealkylation sites (tertiary alicyclic amines) is 1. The van der Waals surface area contributed by atoms with E-state index in [-0.39, 0.29) is 12.5 Å². The minimum absolute atomic E-state index is 0.119. The van der Waals surface area contributed by atoms with Crippen molar-refractivity contribution in [2.24, 2.45) is 0 Å². The molecule has 0 aromatic carbocycles. The van der Waals surface area contributed by atoms with Crippen molar-refractivity contribution < 1.29 is 19.4 Å². The second kappa shape index (κ2) is 7.96. The van der Waals surface area contributed by atoms with E-state index in [0.717, 1.165) is 25.9 Å². The summed E-state index contributed by atoms with van der Waals surface area (Å²) >= 11 is 0. The number of ether oxygens (including phenoxy) is 1. The number of urea groups is 1. The molecule has 3 N–H and O–H groups in total. The van der Waals surface area contributed by atoms with Crippen molar-refractivity contribution in [2.75, 3.05) is 33.9 Å². The van der Waals surface area contributed by atoms with Crippen LogP contribution in [0.2, 0.25) is 0 Å². The van der Waals surface area contributed by atoms with E-state index in [2.05, 4.69) is 15.5 Å². The fourth-order valence-electron chi connectivity index (χ4n) is 2.03. The Balaban J connectivity index is 2.33. The quantitative estimate of drug-likeness (QED) is 0.627. The van der Waals surface area contributed by atoms with Crippen LogP contribution >= 0.6 is 0 Å². The molecule has 1 saturated heterocycles. The summed E-state index contributed by atoms with van der Waals surface area (Å²) in [7, 11) is 3.54. The first-order valence-corrected chi connectivity index (χ1v) is 6.50. The van der Waals surface area contributed by atoms with Crippen molar-refractivity contribution in [3.63, 3.8) is 0 Å². The second-order valence-corrected chi connectivity index (χ2v) is 4.87. The highest BCUT2D eigenvalue weighted by Crippen LogP contribution is 2.07. The number of piperidine rings is 1. The summed E-state index contributed by atoms with van der Waals surface area (Å²) in [5, 5.41) is 14.3. The monoisotopic (exact) mass is 273 g/mol. The summed E-state index contributed by atoms with van der Waals surface area (Å²) in [6.45, 7) is 2.18. The van der Waals surface area contributed by atoms with Crippen molar-refractivity contribution in [1.82, 2.24) is 15.5 Å². The third kappa shape index (κ3) is 5.89. The summed E-state index contributed by atoms with van der Waals surface area (Å²) in [6.07, 6.45) is 2.03. The van der Waals surface area contributed by atoms with E-state index in [4.69, 9.17) is 9.84 Å². The van der Waals surface area contributed by atoms with Crippen LogP contribution in [0.5, 0.6) is 0 Å². The van der Waals surface area contributed by atoms with Crippen LogP contribution in [0.15, 0.2) is 0 Å². The Kier molecular flexibility index (Phi) is 6.58. The molecule has 0 aromatic heterocycles. The van der Waals surface area contributed by atoms with E-state index in [1.165, 1.54) is 7.11 Å². The maximum absolute atomic E-state index is 11.7. The molecule has 1 atom stereocenters. The first-order valence-electron chi connectivity index (χ1n) is 6.50. The molecule has 1 unspecified atom stereocenters. The molecule has 110 valence electrons. The van der Waals surface area contributed by atoms with Crippen molar-refractivity contribution in [3.8, 4) is 0 Å². The van der Waals surface area contributed by atoms with Gasteiger partial charge in [-0.3, -0.25) is 0 Å². The lowest BCUT2D eigenvalue weighted by molar-refractivity contribution is -0.139. The molecule has 0 saturated carbocycles. The fourth-order valence-corrected chi connectivity index (χ4v) is 2.03. The molecule has 1 aliphatic heterocycles. The number of nitrogens with zero attached hydrogens (tertiary/aromatic N) is 1. The lowest BCUT2D eigenvalue weighted by Crippen LogP contribution is -2.51. The third-order valence-electron chi connectivity index (χ3n) is 3.27. The number of carboxylic acid groups (broad SMARTS) is 1. The van der Waals surface area contributed by atoms with Gasteiger partial charge in [-0.15, -0.1) is 0 Å². The van der Waals surface area contributed by atoms with Crippen molar-refractivity contribution in [2.45, 2.75) is 31.3 Å². The van der Waals surface area contributed by atoms with Gasteiger partial charge in [0.15, 0.2) is 0 Å². The van der Waals surface area contributed by atoms with Crippen LogP contribution in [0.1, 0.15) is 19.3 Å². The van der Waals surface area contributed by atoms with Crippen LogP contribution < -0.4 is 10.6 Å². The predicted molar refractivity (Wildman–Crippen MR) is 70.1 cm³/mol. The molecule has 1 fully saturated rings. The summed E-state index contributed by atoms with van der Waals surface area (Å²) in [5.41, 5.74) is 0. The van der Waals surface area contributed by atoms with E-state index in [1.54, 1.807) is 0 Å². The zero-order valence-electron chi connectivity index (χ0n) is 11.5. The van der Waals surface area contributed by atoms with Crippen molar-refractivity contribution >= 4 is 12.0 Å². The number of amides is 2. The average molecular weight is 273 g/mol. The molecule has 0 radical (unpaired) electrons. The van der Waals surface area contributed by atoms with Crippen molar-refractivity contribution in [1.29, 1.82) is 0 Å². The Morgan fingerprint density at radius 1 is 1.42 bits per heavy atom.